The van der Waals surface area contributed by atoms with Crippen molar-refractivity contribution in [3.05, 3.63) is 70.4 Å². The number of rotatable bonds is 4. The summed E-state index contributed by atoms with van der Waals surface area (Å²) < 4.78 is 5.76. The topological polar surface area (TPSA) is 74.1 Å². The lowest BCUT2D eigenvalue weighted by Gasteiger charge is -2.05. The van der Waals surface area contributed by atoms with Crippen LogP contribution in [0, 0.1) is 0 Å². The Morgan fingerprint density at radius 1 is 1.17 bits per heavy atom. The Morgan fingerprint density at radius 2 is 1.96 bits per heavy atom. The number of hydrogen-bond donors (Lipinski definition) is 0. The van der Waals surface area contributed by atoms with Crippen molar-refractivity contribution in [3.63, 3.8) is 0 Å². The van der Waals surface area contributed by atoms with Gasteiger partial charge in [-0.3, -0.25) is 14.2 Å². The summed E-state index contributed by atoms with van der Waals surface area (Å²) in [6, 6.07) is 13.3. The molecule has 120 valence electrons. The highest BCUT2D eigenvalue weighted by Gasteiger charge is 2.09. The molecule has 0 bridgehead atoms. The van der Waals surface area contributed by atoms with E-state index in [9.17, 15) is 9.59 Å². The number of hydrogen-bond acceptors (Lipinski definition) is 5. The van der Waals surface area contributed by atoms with Gasteiger partial charge in [0.15, 0.2) is 5.52 Å². The average molecular weight is 321 g/mol. The second kappa shape index (κ2) is 6.87. The van der Waals surface area contributed by atoms with Crippen LogP contribution >= 0.6 is 0 Å². The monoisotopic (exact) mass is 321 g/mol. The van der Waals surface area contributed by atoms with Crippen molar-refractivity contribution in [1.82, 2.24) is 14.5 Å². The molecule has 0 N–H and O–H groups in total. The lowest BCUT2D eigenvalue weighted by molar-refractivity contribution is -0.141. The van der Waals surface area contributed by atoms with Crippen LogP contribution in [0.5, 0.6) is 0 Å². The van der Waals surface area contributed by atoms with E-state index in [1.54, 1.807) is 12.1 Å². The Kier molecular flexibility index (Phi) is 4.47. The Morgan fingerprint density at radius 3 is 2.71 bits per heavy atom. The predicted octanol–water partition coefficient (Wildman–Crippen LogP) is 2.13. The first-order valence-corrected chi connectivity index (χ1v) is 7.33. The predicted molar refractivity (Wildman–Crippen MR) is 91.2 cm³/mol. The van der Waals surface area contributed by atoms with E-state index in [4.69, 9.17) is 0 Å². The highest BCUT2D eigenvalue weighted by atomic mass is 16.5. The lowest BCUT2D eigenvalue weighted by Crippen LogP contribution is -2.25. The van der Waals surface area contributed by atoms with Gasteiger partial charge in [0.25, 0.3) is 5.56 Å². The Labute approximate surface area is 138 Å². The number of ether oxygens (including phenoxy) is 1. The molecule has 0 unspecified atom stereocenters. The van der Waals surface area contributed by atoms with Gasteiger partial charge < -0.3 is 4.74 Å². The molecule has 0 amide bonds. The second-order valence-electron chi connectivity index (χ2n) is 5.10. The summed E-state index contributed by atoms with van der Waals surface area (Å²) in [6.45, 7) is -0.190. The van der Waals surface area contributed by atoms with E-state index < -0.39 is 5.97 Å². The van der Waals surface area contributed by atoms with Gasteiger partial charge in [-0.2, -0.15) is 0 Å². The summed E-state index contributed by atoms with van der Waals surface area (Å²) in [5.41, 5.74) is 2.00. The van der Waals surface area contributed by atoms with Crippen molar-refractivity contribution in [1.29, 1.82) is 0 Å². The molecule has 1 aromatic carbocycles. The lowest BCUT2D eigenvalue weighted by atomic mass is 10.2. The Hall–Kier alpha value is -3.28. The van der Waals surface area contributed by atoms with Crippen molar-refractivity contribution in [2.24, 2.45) is 0 Å². The zero-order valence-electron chi connectivity index (χ0n) is 13.0. The molecule has 6 heteroatoms. The minimum atomic E-state index is -0.515. The van der Waals surface area contributed by atoms with E-state index in [0.29, 0.717) is 11.2 Å². The van der Waals surface area contributed by atoms with Gasteiger partial charge in [-0.25, -0.2) is 9.97 Å². The van der Waals surface area contributed by atoms with Gasteiger partial charge >= 0.3 is 5.97 Å². The van der Waals surface area contributed by atoms with Crippen LogP contribution in [-0.4, -0.2) is 27.6 Å². The number of fused-ring (bicyclic) bond motifs is 1. The molecule has 0 radical (unpaired) electrons. The maximum atomic E-state index is 12.4. The van der Waals surface area contributed by atoms with Gasteiger partial charge in [-0.15, -0.1) is 0 Å². The summed E-state index contributed by atoms with van der Waals surface area (Å²) in [5, 5.41) is 0. The van der Waals surface area contributed by atoms with E-state index >= 15 is 0 Å². The van der Waals surface area contributed by atoms with Gasteiger partial charge in [-0.05, 0) is 23.8 Å². The number of esters is 1. The highest BCUT2D eigenvalue weighted by molar-refractivity contribution is 5.77. The summed E-state index contributed by atoms with van der Waals surface area (Å²) in [5.74, 6) is -0.515. The van der Waals surface area contributed by atoms with Crippen LogP contribution in [-0.2, 0) is 16.1 Å². The molecule has 0 spiro atoms. The Bertz CT molecular complexity index is 962. The third kappa shape index (κ3) is 3.38. The fourth-order valence-electron chi connectivity index (χ4n) is 2.20. The van der Waals surface area contributed by atoms with E-state index in [1.807, 2.05) is 42.5 Å². The summed E-state index contributed by atoms with van der Waals surface area (Å²) in [6.07, 6.45) is 5.06. The zero-order valence-corrected chi connectivity index (χ0v) is 13.0. The maximum absolute atomic E-state index is 12.4. The first-order chi connectivity index (χ1) is 11.7. The molecule has 0 aliphatic rings. The van der Waals surface area contributed by atoms with E-state index in [-0.39, 0.29) is 17.6 Å². The molecule has 0 atom stereocenters. The largest absolute Gasteiger partial charge is 0.468 e. The third-order valence-electron chi connectivity index (χ3n) is 3.47. The first kappa shape index (κ1) is 15.6. The number of pyridine rings is 1. The summed E-state index contributed by atoms with van der Waals surface area (Å²) >= 11 is 0. The van der Waals surface area contributed by atoms with Crippen LogP contribution in [0.25, 0.3) is 23.2 Å². The first-order valence-electron chi connectivity index (χ1n) is 7.33. The molecular weight excluding hydrogens is 306 g/mol. The molecule has 0 aliphatic heterocycles. The van der Waals surface area contributed by atoms with Crippen LogP contribution in [0.4, 0.5) is 0 Å². The quantitative estimate of drug-likeness (QED) is 0.688. The van der Waals surface area contributed by atoms with Crippen LogP contribution in [0.2, 0.25) is 0 Å². The van der Waals surface area contributed by atoms with Gasteiger partial charge in [-0.1, -0.05) is 36.4 Å². The van der Waals surface area contributed by atoms with Gasteiger partial charge in [0.2, 0.25) is 0 Å². The molecule has 3 rings (SSSR count). The zero-order chi connectivity index (χ0) is 16.9. The summed E-state index contributed by atoms with van der Waals surface area (Å²) in [7, 11) is 1.27. The number of carbonyl (C=O) groups excluding carboxylic acids is 1. The Balaban J connectivity index is 1.97. The highest BCUT2D eigenvalue weighted by Crippen LogP contribution is 2.09. The standard InChI is InChI=1S/C18H15N3O3/c1-24-16(22)11-21-12-19-15-10-9-14(20-17(15)18(21)23)8-7-13-5-3-2-4-6-13/h2-10,12H,11H2,1H3/b8-7+. The molecule has 2 heterocycles. The molecule has 24 heavy (non-hydrogen) atoms. The van der Waals surface area contributed by atoms with Gasteiger partial charge in [0.1, 0.15) is 6.54 Å². The number of carbonyl (C=O) groups is 1. The molecule has 6 nitrogen and oxygen atoms in total. The smallest absolute Gasteiger partial charge is 0.325 e. The average Bonchev–Trinajstić information content (AvgIpc) is 2.63. The van der Waals surface area contributed by atoms with Gasteiger partial charge in [0.05, 0.1) is 24.6 Å². The minimum Gasteiger partial charge on any atom is -0.468 e. The molecule has 0 saturated heterocycles. The van der Waals surface area contributed by atoms with Gasteiger partial charge in [0, 0.05) is 0 Å². The van der Waals surface area contributed by atoms with Crippen molar-refractivity contribution < 1.29 is 9.53 Å². The van der Waals surface area contributed by atoms with Crippen molar-refractivity contribution >= 4 is 29.2 Å². The number of methoxy groups -OCH3 is 1. The van der Waals surface area contributed by atoms with Crippen LogP contribution < -0.4 is 5.56 Å². The maximum Gasteiger partial charge on any atom is 0.325 e. The third-order valence-corrected chi connectivity index (χ3v) is 3.47. The van der Waals surface area contributed by atoms with Crippen molar-refractivity contribution in [3.8, 4) is 0 Å². The molecular formula is C18H15N3O3. The SMILES string of the molecule is COC(=O)Cn1cnc2ccc(/C=C/c3ccccc3)nc2c1=O. The van der Waals surface area contributed by atoms with Crippen LogP contribution in [0.1, 0.15) is 11.3 Å². The number of benzene rings is 1. The fraction of sp³-hybridized carbons (Fsp3) is 0.111. The van der Waals surface area contributed by atoms with E-state index in [2.05, 4.69) is 14.7 Å². The van der Waals surface area contributed by atoms with Crippen LogP contribution in [0.15, 0.2) is 53.6 Å². The second-order valence-corrected chi connectivity index (χ2v) is 5.10. The molecule has 0 saturated carbocycles. The van der Waals surface area contributed by atoms with E-state index in [1.165, 1.54) is 18.0 Å². The molecule has 2 aromatic heterocycles. The number of nitrogens with zero attached hydrogens (tertiary/aromatic N) is 3. The molecule has 3 aromatic rings. The van der Waals surface area contributed by atoms with Crippen molar-refractivity contribution in [2.75, 3.05) is 7.11 Å². The number of aromatic nitrogens is 3. The van der Waals surface area contributed by atoms with Crippen molar-refractivity contribution in [2.45, 2.75) is 6.54 Å². The minimum absolute atomic E-state index is 0.190. The summed E-state index contributed by atoms with van der Waals surface area (Å²) in [4.78, 5) is 32.3. The molecule has 0 aliphatic carbocycles. The van der Waals surface area contributed by atoms with E-state index in [0.717, 1.165) is 5.56 Å². The fourth-order valence-corrected chi connectivity index (χ4v) is 2.20. The normalized spacial score (nSPS) is 11.0. The van der Waals surface area contributed by atoms with Crippen LogP contribution in [0.3, 0.4) is 0 Å². The molecule has 0 fully saturated rings.